The van der Waals surface area contributed by atoms with Gasteiger partial charge < -0.3 is 5.32 Å². The standard InChI is InChI=1S/C15H19F6N3O3S/c1-4-13(14(16,17)18,15(19,20)21)22-12(25)23-24(28(26)27)11-7-5-10(6-8-11)9(2)3/h5-9H,4H2,1-3H3,(H,26,27)(H2,22,23,25). The molecule has 1 aromatic rings. The number of hydrazine groups is 1. The molecule has 1 atom stereocenters. The van der Waals surface area contributed by atoms with Crippen molar-refractivity contribution in [3.8, 4) is 0 Å². The molecule has 0 fully saturated rings. The lowest BCUT2D eigenvalue weighted by atomic mass is 9.94. The zero-order valence-corrected chi connectivity index (χ0v) is 15.8. The fourth-order valence-corrected chi connectivity index (χ4v) is 2.76. The summed E-state index contributed by atoms with van der Waals surface area (Å²) in [5.74, 6) is 0.0992. The van der Waals surface area contributed by atoms with Crippen molar-refractivity contribution in [2.45, 2.75) is 51.0 Å². The van der Waals surface area contributed by atoms with E-state index in [-0.39, 0.29) is 16.0 Å². The second-order valence-electron chi connectivity index (χ2n) is 6.09. The van der Waals surface area contributed by atoms with Crippen molar-refractivity contribution in [2.24, 2.45) is 0 Å². The summed E-state index contributed by atoms with van der Waals surface area (Å²) >= 11 is -2.97. The minimum atomic E-state index is -5.85. The van der Waals surface area contributed by atoms with E-state index in [1.807, 2.05) is 13.8 Å². The van der Waals surface area contributed by atoms with Crippen molar-refractivity contribution in [1.29, 1.82) is 0 Å². The largest absolute Gasteiger partial charge is 0.420 e. The third-order valence-electron chi connectivity index (χ3n) is 3.98. The predicted molar refractivity (Wildman–Crippen MR) is 90.6 cm³/mol. The lowest BCUT2D eigenvalue weighted by molar-refractivity contribution is -0.304. The molecule has 2 amide bonds. The first-order chi connectivity index (χ1) is 12.7. The molecule has 160 valence electrons. The van der Waals surface area contributed by atoms with E-state index in [1.165, 1.54) is 24.3 Å². The third kappa shape index (κ3) is 5.07. The Morgan fingerprint density at radius 1 is 1.11 bits per heavy atom. The number of rotatable bonds is 6. The highest BCUT2D eigenvalue weighted by molar-refractivity contribution is 7.80. The van der Waals surface area contributed by atoms with Gasteiger partial charge in [-0.2, -0.15) is 30.8 Å². The molecular weight excluding hydrogens is 416 g/mol. The summed E-state index contributed by atoms with van der Waals surface area (Å²) in [7, 11) is 0. The van der Waals surface area contributed by atoms with E-state index in [4.69, 9.17) is 0 Å². The first-order valence-corrected chi connectivity index (χ1v) is 8.96. The van der Waals surface area contributed by atoms with Crippen molar-refractivity contribution >= 4 is 23.0 Å². The topological polar surface area (TPSA) is 81.7 Å². The van der Waals surface area contributed by atoms with Crippen LogP contribution in [0, 0.1) is 0 Å². The Kier molecular flexibility index (Phi) is 7.34. The average molecular weight is 435 g/mol. The molecule has 0 spiro atoms. The third-order valence-corrected chi connectivity index (χ3v) is 4.59. The van der Waals surface area contributed by atoms with Crippen LogP contribution in [-0.4, -0.2) is 32.7 Å². The molecule has 0 aliphatic rings. The summed E-state index contributed by atoms with van der Waals surface area (Å²) in [6.07, 6.45) is -13.2. The summed E-state index contributed by atoms with van der Waals surface area (Å²) in [6.45, 7) is 4.33. The lowest BCUT2D eigenvalue weighted by Crippen LogP contribution is -2.69. The molecule has 0 aliphatic carbocycles. The second kappa shape index (κ2) is 8.55. The number of carbonyl (C=O) groups excluding carboxylic acids is 1. The van der Waals surface area contributed by atoms with Gasteiger partial charge in [0.15, 0.2) is 0 Å². The number of benzene rings is 1. The predicted octanol–water partition coefficient (Wildman–Crippen LogP) is 4.24. The summed E-state index contributed by atoms with van der Waals surface area (Å²) in [4.78, 5) is 11.9. The highest BCUT2D eigenvalue weighted by Crippen LogP contribution is 2.45. The van der Waals surface area contributed by atoms with Crippen LogP contribution in [-0.2, 0) is 11.3 Å². The van der Waals surface area contributed by atoms with Crippen molar-refractivity contribution < 1.29 is 39.9 Å². The van der Waals surface area contributed by atoms with Crippen LogP contribution in [0.15, 0.2) is 24.3 Å². The van der Waals surface area contributed by atoms with Crippen molar-refractivity contribution in [1.82, 2.24) is 10.7 Å². The van der Waals surface area contributed by atoms with Crippen LogP contribution >= 0.6 is 0 Å². The molecule has 0 saturated heterocycles. The second-order valence-corrected chi connectivity index (χ2v) is 6.92. The Hall–Kier alpha value is -2.02. The highest BCUT2D eigenvalue weighted by Gasteiger charge is 2.70. The number of carbonyl (C=O) groups is 1. The van der Waals surface area contributed by atoms with Gasteiger partial charge in [-0.25, -0.2) is 14.4 Å². The van der Waals surface area contributed by atoms with Gasteiger partial charge in [-0.05, 0) is 30.0 Å². The Morgan fingerprint density at radius 3 is 1.89 bits per heavy atom. The molecule has 28 heavy (non-hydrogen) atoms. The van der Waals surface area contributed by atoms with E-state index < -0.39 is 41.6 Å². The monoisotopic (exact) mass is 435 g/mol. The van der Waals surface area contributed by atoms with Gasteiger partial charge >= 0.3 is 18.4 Å². The van der Waals surface area contributed by atoms with Gasteiger partial charge in [0, 0.05) is 0 Å². The fraction of sp³-hybridized carbons (Fsp3) is 0.533. The summed E-state index contributed by atoms with van der Waals surface area (Å²) in [6, 6.07) is 3.67. The molecule has 0 aliphatic heterocycles. The SMILES string of the molecule is CCC(NC(=O)NN(c1ccc(C(C)C)cc1)S(=O)O)(C(F)(F)F)C(F)(F)F. The smallest absolute Gasteiger partial charge is 0.315 e. The number of nitrogens with zero attached hydrogens (tertiary/aromatic N) is 1. The van der Waals surface area contributed by atoms with Gasteiger partial charge in [-0.1, -0.05) is 32.9 Å². The van der Waals surface area contributed by atoms with Gasteiger partial charge in [-0.3, -0.25) is 4.55 Å². The number of hydrogen-bond donors (Lipinski definition) is 3. The van der Waals surface area contributed by atoms with E-state index in [2.05, 4.69) is 0 Å². The van der Waals surface area contributed by atoms with Crippen molar-refractivity contribution in [3.63, 3.8) is 0 Å². The molecule has 13 heteroatoms. The molecule has 0 aromatic heterocycles. The van der Waals surface area contributed by atoms with E-state index in [0.29, 0.717) is 6.92 Å². The molecule has 6 nitrogen and oxygen atoms in total. The minimum Gasteiger partial charge on any atom is -0.315 e. The van der Waals surface area contributed by atoms with E-state index >= 15 is 0 Å². The zero-order valence-electron chi connectivity index (χ0n) is 15.0. The van der Waals surface area contributed by atoms with E-state index in [1.54, 1.807) is 5.43 Å². The Labute approximate surface area is 159 Å². The van der Waals surface area contributed by atoms with Crippen molar-refractivity contribution in [2.75, 3.05) is 4.41 Å². The maximum Gasteiger partial charge on any atom is 0.420 e. The van der Waals surface area contributed by atoms with Gasteiger partial charge in [0.25, 0.3) is 11.3 Å². The Morgan fingerprint density at radius 2 is 1.57 bits per heavy atom. The van der Waals surface area contributed by atoms with Gasteiger partial charge in [-0.15, -0.1) is 0 Å². The molecular formula is C15H19F6N3O3S. The van der Waals surface area contributed by atoms with E-state index in [9.17, 15) is 39.9 Å². The van der Waals surface area contributed by atoms with Gasteiger partial charge in [0.1, 0.15) is 0 Å². The molecule has 3 N–H and O–H groups in total. The Balaban J connectivity index is 3.14. The lowest BCUT2D eigenvalue weighted by Gasteiger charge is -2.37. The normalized spacial score (nSPS) is 14.0. The van der Waals surface area contributed by atoms with Gasteiger partial charge in [0.2, 0.25) is 5.54 Å². The number of halogens is 6. The number of hydrogen-bond acceptors (Lipinski definition) is 2. The minimum absolute atomic E-state index is 0.0992. The molecule has 1 aromatic carbocycles. The van der Waals surface area contributed by atoms with Crippen LogP contribution < -0.4 is 15.2 Å². The van der Waals surface area contributed by atoms with Crippen molar-refractivity contribution in [3.05, 3.63) is 29.8 Å². The summed E-state index contributed by atoms with van der Waals surface area (Å²) in [5.41, 5.74) is -2.28. The maximum atomic E-state index is 13.1. The maximum absolute atomic E-state index is 13.1. The first kappa shape index (κ1) is 24.0. The highest BCUT2D eigenvalue weighted by atomic mass is 32.2. The molecule has 0 bridgehead atoms. The summed E-state index contributed by atoms with van der Waals surface area (Å²) < 4.78 is 99.5. The van der Waals surface area contributed by atoms with Gasteiger partial charge in [0.05, 0.1) is 5.69 Å². The molecule has 0 radical (unpaired) electrons. The molecule has 0 heterocycles. The number of amides is 2. The van der Waals surface area contributed by atoms with E-state index in [0.717, 1.165) is 10.9 Å². The van der Waals surface area contributed by atoms with Crippen LogP contribution in [0.2, 0.25) is 0 Å². The number of alkyl halides is 6. The average Bonchev–Trinajstić information content (AvgIpc) is 2.55. The number of urea groups is 1. The summed E-state index contributed by atoms with van der Waals surface area (Å²) in [5, 5.41) is 0.858. The molecule has 0 saturated carbocycles. The van der Waals surface area contributed by atoms with Crippen LogP contribution in [0.25, 0.3) is 0 Å². The fourth-order valence-electron chi connectivity index (χ4n) is 2.29. The quantitative estimate of drug-likeness (QED) is 0.355. The number of nitrogens with one attached hydrogen (secondary N) is 2. The van der Waals surface area contributed by atoms with Crippen LogP contribution in [0.3, 0.4) is 0 Å². The van der Waals surface area contributed by atoms with Crippen LogP contribution in [0.4, 0.5) is 36.8 Å². The molecule has 1 rings (SSSR count). The van der Waals surface area contributed by atoms with Crippen LogP contribution in [0.5, 0.6) is 0 Å². The molecule has 1 unspecified atom stereocenters. The zero-order chi connectivity index (χ0) is 21.9. The Bertz CT molecular complexity index is 692. The van der Waals surface area contributed by atoms with Crippen LogP contribution in [0.1, 0.15) is 38.7 Å². The number of anilines is 1. The first-order valence-electron chi connectivity index (χ1n) is 7.89.